The molecule has 0 saturated carbocycles. The zero-order valence-corrected chi connectivity index (χ0v) is 18.1. The van der Waals surface area contributed by atoms with E-state index in [4.69, 9.17) is 11.6 Å². The Kier molecular flexibility index (Phi) is 6.30. The van der Waals surface area contributed by atoms with E-state index < -0.39 is 11.7 Å². The zero-order chi connectivity index (χ0) is 22.0. The lowest BCUT2D eigenvalue weighted by Crippen LogP contribution is -2.47. The number of aromatic nitrogens is 1. The van der Waals surface area contributed by atoms with Crippen molar-refractivity contribution < 1.29 is 13.2 Å². The van der Waals surface area contributed by atoms with Crippen molar-refractivity contribution in [1.29, 1.82) is 0 Å². The van der Waals surface area contributed by atoms with Gasteiger partial charge in [-0.3, -0.25) is 4.90 Å². The average Bonchev–Trinajstić information content (AvgIpc) is 3.13. The second-order valence-corrected chi connectivity index (χ2v) is 8.35. The van der Waals surface area contributed by atoms with Crippen molar-refractivity contribution in [2.24, 2.45) is 0 Å². The largest absolute Gasteiger partial charge is 0.417 e. The van der Waals surface area contributed by atoms with Crippen molar-refractivity contribution in [3.05, 3.63) is 76.4 Å². The first kappa shape index (κ1) is 21.8. The maximum absolute atomic E-state index is 13.1. The van der Waals surface area contributed by atoms with Gasteiger partial charge in [-0.1, -0.05) is 41.9 Å². The summed E-state index contributed by atoms with van der Waals surface area (Å²) in [6.07, 6.45) is -3.50. The molecule has 1 N–H and O–H groups in total. The van der Waals surface area contributed by atoms with E-state index in [0.717, 1.165) is 37.8 Å². The Balaban J connectivity index is 1.34. The SMILES string of the molecule is Cc1[nH]c(-c2ccccc2)cc1CCN1CCN(c2ccc(Cl)c(C(F)(F)F)c2)CC1. The van der Waals surface area contributed by atoms with Gasteiger partial charge in [0.2, 0.25) is 0 Å². The van der Waals surface area contributed by atoms with Crippen molar-refractivity contribution in [1.82, 2.24) is 9.88 Å². The van der Waals surface area contributed by atoms with E-state index in [1.807, 2.05) is 23.1 Å². The third kappa shape index (κ3) is 5.08. The number of hydrogen-bond donors (Lipinski definition) is 1. The van der Waals surface area contributed by atoms with E-state index in [0.29, 0.717) is 18.8 Å². The zero-order valence-electron chi connectivity index (χ0n) is 17.3. The Hall–Kier alpha value is -2.44. The van der Waals surface area contributed by atoms with Crippen LogP contribution in [-0.4, -0.2) is 42.6 Å². The molecule has 1 aliphatic heterocycles. The van der Waals surface area contributed by atoms with Gasteiger partial charge < -0.3 is 9.88 Å². The molecule has 0 aliphatic carbocycles. The van der Waals surface area contributed by atoms with E-state index in [-0.39, 0.29) is 5.02 Å². The Morgan fingerprint density at radius 1 is 0.968 bits per heavy atom. The summed E-state index contributed by atoms with van der Waals surface area (Å²) in [6.45, 7) is 6.05. The second-order valence-electron chi connectivity index (χ2n) is 7.94. The molecular formula is C24H25ClF3N3. The number of piperazine rings is 1. The number of H-pyrrole nitrogens is 1. The molecule has 0 bridgehead atoms. The minimum atomic E-state index is -4.44. The van der Waals surface area contributed by atoms with Gasteiger partial charge in [0.05, 0.1) is 10.6 Å². The molecule has 0 radical (unpaired) electrons. The number of halogens is 4. The Morgan fingerprint density at radius 3 is 2.35 bits per heavy atom. The van der Waals surface area contributed by atoms with Crippen LogP contribution in [0.15, 0.2) is 54.6 Å². The number of anilines is 1. The molecular weight excluding hydrogens is 423 g/mol. The minimum absolute atomic E-state index is 0.258. The molecule has 3 aromatic rings. The molecule has 0 atom stereocenters. The van der Waals surface area contributed by atoms with Crippen molar-refractivity contribution in [3.8, 4) is 11.3 Å². The van der Waals surface area contributed by atoms with Crippen LogP contribution in [0.3, 0.4) is 0 Å². The van der Waals surface area contributed by atoms with Gasteiger partial charge in [0.1, 0.15) is 0 Å². The lowest BCUT2D eigenvalue weighted by molar-refractivity contribution is -0.137. The molecule has 1 aromatic heterocycles. The predicted molar refractivity (Wildman–Crippen MR) is 120 cm³/mol. The summed E-state index contributed by atoms with van der Waals surface area (Å²) >= 11 is 5.75. The quantitative estimate of drug-likeness (QED) is 0.516. The molecule has 1 aliphatic rings. The van der Waals surface area contributed by atoms with E-state index in [2.05, 4.69) is 35.0 Å². The van der Waals surface area contributed by atoms with Crippen molar-refractivity contribution in [3.63, 3.8) is 0 Å². The highest BCUT2D eigenvalue weighted by Crippen LogP contribution is 2.37. The molecule has 4 rings (SSSR count). The number of nitrogens with zero attached hydrogens (tertiary/aromatic N) is 2. The Labute approximate surface area is 185 Å². The van der Waals surface area contributed by atoms with Crippen LogP contribution in [0, 0.1) is 6.92 Å². The van der Waals surface area contributed by atoms with Crippen LogP contribution in [0.4, 0.5) is 18.9 Å². The summed E-state index contributed by atoms with van der Waals surface area (Å²) in [5.74, 6) is 0. The monoisotopic (exact) mass is 447 g/mol. The van der Waals surface area contributed by atoms with Crippen LogP contribution in [0.5, 0.6) is 0 Å². The van der Waals surface area contributed by atoms with Crippen LogP contribution in [0.2, 0.25) is 5.02 Å². The van der Waals surface area contributed by atoms with Crippen molar-refractivity contribution in [2.45, 2.75) is 19.5 Å². The van der Waals surface area contributed by atoms with E-state index in [9.17, 15) is 13.2 Å². The van der Waals surface area contributed by atoms with E-state index >= 15 is 0 Å². The lowest BCUT2D eigenvalue weighted by atomic mass is 10.1. The highest BCUT2D eigenvalue weighted by molar-refractivity contribution is 6.31. The van der Waals surface area contributed by atoms with Crippen LogP contribution in [-0.2, 0) is 12.6 Å². The summed E-state index contributed by atoms with van der Waals surface area (Å²) in [4.78, 5) is 7.83. The summed E-state index contributed by atoms with van der Waals surface area (Å²) in [6, 6.07) is 16.6. The van der Waals surface area contributed by atoms with Gasteiger partial charge in [0, 0.05) is 49.8 Å². The number of rotatable bonds is 5. The molecule has 0 unspecified atom stereocenters. The van der Waals surface area contributed by atoms with E-state index in [1.165, 1.54) is 22.9 Å². The number of aromatic amines is 1. The summed E-state index contributed by atoms with van der Waals surface area (Å²) in [5.41, 5.74) is 4.58. The lowest BCUT2D eigenvalue weighted by Gasteiger charge is -2.36. The van der Waals surface area contributed by atoms with Gasteiger partial charge in [0.25, 0.3) is 0 Å². The first-order chi connectivity index (χ1) is 14.8. The molecule has 0 spiro atoms. The fourth-order valence-corrected chi connectivity index (χ4v) is 4.29. The number of benzene rings is 2. The minimum Gasteiger partial charge on any atom is -0.369 e. The summed E-state index contributed by atoms with van der Waals surface area (Å²) in [7, 11) is 0. The highest BCUT2D eigenvalue weighted by atomic mass is 35.5. The fraction of sp³-hybridized carbons (Fsp3) is 0.333. The van der Waals surface area contributed by atoms with Gasteiger partial charge in [0.15, 0.2) is 0 Å². The standard InChI is InChI=1S/C24H25ClF3N3/c1-17-19(15-23(29-17)18-5-3-2-4-6-18)9-10-30-11-13-31(14-12-30)20-7-8-22(25)21(16-20)24(26,27)28/h2-8,15-16,29H,9-14H2,1H3. The number of hydrogen-bond acceptors (Lipinski definition) is 2. The van der Waals surface area contributed by atoms with Gasteiger partial charge >= 0.3 is 6.18 Å². The number of nitrogens with one attached hydrogen (secondary N) is 1. The average molecular weight is 448 g/mol. The molecule has 1 saturated heterocycles. The van der Waals surface area contributed by atoms with Crippen LogP contribution < -0.4 is 4.90 Å². The molecule has 3 nitrogen and oxygen atoms in total. The maximum Gasteiger partial charge on any atom is 0.417 e. The molecule has 2 aromatic carbocycles. The van der Waals surface area contributed by atoms with Gasteiger partial charge in [-0.15, -0.1) is 0 Å². The van der Waals surface area contributed by atoms with Gasteiger partial charge in [-0.05, 0) is 48.7 Å². The van der Waals surface area contributed by atoms with E-state index in [1.54, 1.807) is 6.07 Å². The second kappa shape index (κ2) is 8.97. The highest BCUT2D eigenvalue weighted by Gasteiger charge is 2.34. The topological polar surface area (TPSA) is 22.3 Å². The van der Waals surface area contributed by atoms with Crippen LogP contribution in [0.1, 0.15) is 16.8 Å². The van der Waals surface area contributed by atoms with Gasteiger partial charge in [-0.2, -0.15) is 13.2 Å². The Bertz CT molecular complexity index is 1020. The first-order valence-electron chi connectivity index (χ1n) is 10.4. The molecule has 7 heteroatoms. The maximum atomic E-state index is 13.1. The number of alkyl halides is 3. The number of aryl methyl sites for hydroxylation is 1. The molecule has 0 amide bonds. The molecule has 1 fully saturated rings. The summed E-state index contributed by atoms with van der Waals surface area (Å²) < 4.78 is 39.4. The molecule has 2 heterocycles. The summed E-state index contributed by atoms with van der Waals surface area (Å²) in [5, 5.41) is -0.258. The Morgan fingerprint density at radius 2 is 1.68 bits per heavy atom. The molecule has 164 valence electrons. The third-order valence-corrected chi connectivity index (χ3v) is 6.23. The van der Waals surface area contributed by atoms with Crippen LogP contribution >= 0.6 is 11.6 Å². The molecule has 31 heavy (non-hydrogen) atoms. The van der Waals surface area contributed by atoms with Crippen LogP contribution in [0.25, 0.3) is 11.3 Å². The van der Waals surface area contributed by atoms with Gasteiger partial charge in [-0.25, -0.2) is 0 Å². The first-order valence-corrected chi connectivity index (χ1v) is 10.8. The normalized spacial score (nSPS) is 15.5. The third-order valence-electron chi connectivity index (χ3n) is 5.90. The van der Waals surface area contributed by atoms with Crippen molar-refractivity contribution in [2.75, 3.05) is 37.6 Å². The fourth-order valence-electron chi connectivity index (χ4n) is 4.07. The predicted octanol–water partition coefficient (Wildman–Crippen LogP) is 6.03. The smallest absolute Gasteiger partial charge is 0.369 e. The van der Waals surface area contributed by atoms with Crippen molar-refractivity contribution >= 4 is 17.3 Å².